The Hall–Kier alpha value is -0.220. The summed E-state index contributed by atoms with van der Waals surface area (Å²) in [4.78, 5) is 0. The van der Waals surface area contributed by atoms with Crippen molar-refractivity contribution in [2.24, 2.45) is 0 Å². The Morgan fingerprint density at radius 2 is 2.00 bits per heavy atom. The van der Waals surface area contributed by atoms with E-state index < -0.39 is 10.1 Å². The highest BCUT2D eigenvalue weighted by atomic mass is 32.2. The van der Waals surface area contributed by atoms with Crippen molar-refractivity contribution in [1.29, 1.82) is 0 Å². The molecule has 0 bridgehead atoms. The second kappa shape index (κ2) is 2.18. The molecule has 0 aromatic rings. The van der Waals surface area contributed by atoms with Gasteiger partial charge in [-0.2, -0.15) is 8.42 Å². The van der Waals surface area contributed by atoms with Crippen LogP contribution in [0.5, 0.6) is 0 Å². The van der Waals surface area contributed by atoms with E-state index in [-0.39, 0.29) is 12.2 Å². The van der Waals surface area contributed by atoms with Gasteiger partial charge in [-0.15, -0.1) is 0 Å². The summed E-state index contributed by atoms with van der Waals surface area (Å²) in [6.07, 6.45) is 0.221. The van der Waals surface area contributed by atoms with Crippen LogP contribution in [-0.2, 0) is 10.1 Å². The van der Waals surface area contributed by atoms with Gasteiger partial charge < -0.3 is 0 Å². The summed E-state index contributed by atoms with van der Waals surface area (Å²) in [5, 5.41) is 0. The molecule has 0 aromatic heterocycles. The van der Waals surface area contributed by atoms with Gasteiger partial charge in [-0.05, 0) is 0 Å². The average Bonchev–Trinajstić information content (AvgIpc) is 1.30. The molecule has 0 amide bonds. The van der Waals surface area contributed by atoms with Crippen LogP contribution in [0.2, 0.25) is 0 Å². The zero-order valence-electron chi connectivity index (χ0n) is 3.79. The molecule has 3 nitrogen and oxygen atoms in total. The van der Waals surface area contributed by atoms with Crippen LogP contribution in [0.3, 0.4) is 0 Å². The quantitative estimate of drug-likeness (QED) is 0.418. The van der Waals surface area contributed by atoms with Gasteiger partial charge in [0, 0.05) is 0 Å². The number of hydrogen-bond acceptors (Lipinski definition) is 2. The predicted molar refractivity (Wildman–Crippen MR) is 26.4 cm³/mol. The molecule has 0 aliphatic heterocycles. The van der Waals surface area contributed by atoms with Gasteiger partial charge in [0.05, 0.1) is 6.92 Å². The fraction of sp³-hybridized carbons (Fsp3) is 0.667. The molecule has 0 aliphatic rings. The first-order chi connectivity index (χ1) is 3.06. The van der Waals surface area contributed by atoms with Crippen LogP contribution >= 0.6 is 0 Å². The Morgan fingerprint density at radius 1 is 1.57 bits per heavy atom. The minimum absolute atomic E-state index is 0.221. The van der Waals surface area contributed by atoms with Crippen molar-refractivity contribution >= 4 is 10.1 Å². The molecule has 42 valence electrons. The zero-order valence-corrected chi connectivity index (χ0v) is 4.61. The van der Waals surface area contributed by atoms with Gasteiger partial charge in [0.25, 0.3) is 10.1 Å². The van der Waals surface area contributed by atoms with Gasteiger partial charge in [-0.1, -0.05) is 0 Å². The predicted octanol–water partition coefficient (Wildman–Crippen LogP) is 0.0984. The third-order valence-electron chi connectivity index (χ3n) is 0.402. The van der Waals surface area contributed by atoms with E-state index in [1.165, 1.54) is 0 Å². The smallest absolute Gasteiger partial charge is 0.269 e. The summed E-state index contributed by atoms with van der Waals surface area (Å²) in [6.45, 7) is 3.23. The van der Waals surface area contributed by atoms with Crippen LogP contribution in [0.4, 0.5) is 0 Å². The van der Waals surface area contributed by atoms with Crippen LogP contribution in [0, 0.1) is 6.92 Å². The van der Waals surface area contributed by atoms with E-state index >= 15 is 0 Å². The maximum absolute atomic E-state index is 9.75. The maximum atomic E-state index is 9.75. The van der Waals surface area contributed by atoms with E-state index in [9.17, 15) is 8.42 Å². The molecule has 0 fully saturated rings. The second-order valence-electron chi connectivity index (χ2n) is 1.14. The first kappa shape index (κ1) is 6.78. The molecule has 0 spiro atoms. The van der Waals surface area contributed by atoms with Crippen molar-refractivity contribution in [1.82, 2.24) is 0 Å². The summed E-state index contributed by atoms with van der Waals surface area (Å²) in [5.74, 6) is -0.243. The Labute approximate surface area is 43.1 Å². The first-order valence-corrected chi connectivity index (χ1v) is 3.41. The molecule has 4 heteroatoms. The molecule has 0 unspecified atom stereocenters. The van der Waals surface area contributed by atoms with Crippen LogP contribution < -0.4 is 0 Å². The lowest BCUT2D eigenvalue weighted by molar-refractivity contribution is 0.483. The van der Waals surface area contributed by atoms with Gasteiger partial charge in [0.15, 0.2) is 0 Å². The topological polar surface area (TPSA) is 54.4 Å². The molecule has 0 saturated carbocycles. The average molecular weight is 123 g/mol. The lowest BCUT2D eigenvalue weighted by Crippen LogP contribution is -2.01. The molecular weight excluding hydrogens is 116 g/mol. The van der Waals surface area contributed by atoms with Gasteiger partial charge >= 0.3 is 0 Å². The molecule has 0 rings (SSSR count). The highest BCUT2D eigenvalue weighted by Gasteiger charge is 2.01. The van der Waals surface area contributed by atoms with Crippen LogP contribution in [0.15, 0.2) is 0 Å². The third kappa shape index (κ3) is 5.78. The summed E-state index contributed by atoms with van der Waals surface area (Å²) >= 11 is 0. The summed E-state index contributed by atoms with van der Waals surface area (Å²) in [6, 6.07) is 0. The van der Waals surface area contributed by atoms with Crippen LogP contribution in [0.25, 0.3) is 0 Å². The highest BCUT2D eigenvalue weighted by molar-refractivity contribution is 7.85. The van der Waals surface area contributed by atoms with Crippen molar-refractivity contribution in [3.63, 3.8) is 0 Å². The second-order valence-corrected chi connectivity index (χ2v) is 2.71. The van der Waals surface area contributed by atoms with Gasteiger partial charge in [-0.3, -0.25) is 4.55 Å². The third-order valence-corrected chi connectivity index (χ3v) is 1.21. The number of hydrogen-bond donors (Lipinski definition) is 1. The molecule has 0 aromatic carbocycles. The van der Waals surface area contributed by atoms with Crippen molar-refractivity contribution in [3.8, 4) is 0 Å². The monoisotopic (exact) mass is 123 g/mol. The lowest BCUT2D eigenvalue weighted by atomic mass is 10.6. The molecule has 0 radical (unpaired) electrons. The van der Waals surface area contributed by atoms with Crippen molar-refractivity contribution in [3.05, 3.63) is 6.92 Å². The fourth-order valence-electron chi connectivity index (χ4n) is 0.182. The van der Waals surface area contributed by atoms with E-state index in [1.807, 2.05) is 0 Å². The SMILES string of the molecule is [CH2+]CCS(=O)(=O)O. The highest BCUT2D eigenvalue weighted by Crippen LogP contribution is 1.83. The maximum Gasteiger partial charge on any atom is 0.269 e. The molecule has 0 heterocycles. The van der Waals surface area contributed by atoms with Crippen LogP contribution in [-0.4, -0.2) is 18.7 Å². The standard InChI is InChI=1S/C3H6O3S/c1-2-3-7(4,5)6/h1-3H2/p+1. The zero-order chi connectivity index (χ0) is 5.91. The fourth-order valence-corrected chi connectivity index (χ4v) is 0.547. The van der Waals surface area contributed by atoms with Crippen LogP contribution in [0.1, 0.15) is 6.42 Å². The first-order valence-electron chi connectivity index (χ1n) is 1.80. The van der Waals surface area contributed by atoms with Crippen molar-refractivity contribution in [2.45, 2.75) is 6.42 Å². The molecule has 0 saturated heterocycles. The Morgan fingerprint density at radius 3 is 2.00 bits per heavy atom. The molecule has 7 heavy (non-hydrogen) atoms. The normalized spacial score (nSPS) is 11.6. The van der Waals surface area contributed by atoms with Crippen molar-refractivity contribution in [2.75, 3.05) is 5.75 Å². The Balaban J connectivity index is 3.60. The summed E-state index contributed by atoms with van der Waals surface area (Å²) < 4.78 is 27.4. The molecule has 0 aliphatic carbocycles. The largest absolute Gasteiger partial charge is 0.285 e. The van der Waals surface area contributed by atoms with E-state index in [2.05, 4.69) is 6.92 Å². The Bertz CT molecular complexity index is 123. The van der Waals surface area contributed by atoms with E-state index in [0.29, 0.717) is 0 Å². The van der Waals surface area contributed by atoms with E-state index in [1.54, 1.807) is 0 Å². The van der Waals surface area contributed by atoms with Gasteiger partial charge in [-0.25, -0.2) is 0 Å². The summed E-state index contributed by atoms with van der Waals surface area (Å²) in [5.41, 5.74) is 0. The number of rotatable bonds is 2. The Kier molecular flexibility index (Phi) is 2.11. The minimum Gasteiger partial charge on any atom is -0.285 e. The van der Waals surface area contributed by atoms with E-state index in [4.69, 9.17) is 4.55 Å². The van der Waals surface area contributed by atoms with Crippen molar-refractivity contribution < 1.29 is 13.0 Å². The molecule has 0 atom stereocenters. The lowest BCUT2D eigenvalue weighted by Gasteiger charge is -1.82. The summed E-state index contributed by atoms with van der Waals surface area (Å²) in [7, 11) is -3.74. The van der Waals surface area contributed by atoms with Gasteiger partial charge in [0.2, 0.25) is 0 Å². The minimum atomic E-state index is -3.74. The molecule has 1 N–H and O–H groups in total. The van der Waals surface area contributed by atoms with E-state index in [0.717, 1.165) is 0 Å². The van der Waals surface area contributed by atoms with Gasteiger partial charge in [0.1, 0.15) is 12.2 Å². The molecular formula is C3H7O3S+.